The summed E-state index contributed by atoms with van der Waals surface area (Å²) >= 11 is 0. The van der Waals surface area contributed by atoms with Gasteiger partial charge in [-0.3, -0.25) is 9.78 Å². The van der Waals surface area contributed by atoms with Gasteiger partial charge in [0.25, 0.3) is 5.91 Å². The van der Waals surface area contributed by atoms with E-state index >= 15 is 0 Å². The Balaban J connectivity index is 1.15. The molecule has 1 amide bonds. The average molecular weight is 492 g/mol. The molecule has 6 rings (SSSR count). The first-order chi connectivity index (χ1) is 18.3. The lowest BCUT2D eigenvalue weighted by molar-refractivity contribution is 0.0667. The number of para-hydroxylation sites is 1. The number of fused-ring (bicyclic) bond motifs is 1. The summed E-state index contributed by atoms with van der Waals surface area (Å²) in [5.41, 5.74) is 5.60. The van der Waals surface area contributed by atoms with Crippen molar-refractivity contribution in [3.63, 3.8) is 0 Å². The van der Waals surface area contributed by atoms with Crippen molar-refractivity contribution in [1.29, 1.82) is 0 Å². The van der Waals surface area contributed by atoms with Gasteiger partial charge in [-0.15, -0.1) is 0 Å². The van der Waals surface area contributed by atoms with Crippen LogP contribution in [0.3, 0.4) is 0 Å². The fourth-order valence-corrected chi connectivity index (χ4v) is 5.97. The highest BCUT2D eigenvalue weighted by molar-refractivity contribution is 5.99. The highest BCUT2D eigenvalue weighted by Gasteiger charge is 2.42. The second kappa shape index (κ2) is 10.6. The van der Waals surface area contributed by atoms with Crippen molar-refractivity contribution in [1.82, 2.24) is 9.88 Å². The molecule has 1 fully saturated rings. The summed E-state index contributed by atoms with van der Waals surface area (Å²) in [4.78, 5) is 22.5. The van der Waals surface area contributed by atoms with Crippen LogP contribution < -0.4 is 4.90 Å². The van der Waals surface area contributed by atoms with Gasteiger partial charge in [0, 0.05) is 43.5 Å². The molecule has 5 nitrogen and oxygen atoms in total. The van der Waals surface area contributed by atoms with Crippen molar-refractivity contribution in [3.05, 3.63) is 119 Å². The fraction of sp³-hybridized carbons (Fsp3) is 0.312. The molecule has 1 saturated heterocycles. The van der Waals surface area contributed by atoms with Gasteiger partial charge >= 0.3 is 0 Å². The molecule has 3 aromatic rings. The van der Waals surface area contributed by atoms with Crippen LogP contribution in [0.2, 0.25) is 0 Å². The topological polar surface area (TPSA) is 45.7 Å². The summed E-state index contributed by atoms with van der Waals surface area (Å²) in [6, 6.07) is 24.9. The number of nitrogens with zero attached hydrogens (tertiary/aromatic N) is 3. The van der Waals surface area contributed by atoms with Crippen molar-refractivity contribution < 1.29 is 9.53 Å². The first-order valence-electron chi connectivity index (χ1n) is 13.4. The molecule has 2 aromatic carbocycles. The number of benzene rings is 2. The number of hydrogen-bond donors (Lipinski definition) is 0. The Hall–Kier alpha value is -3.86. The minimum absolute atomic E-state index is 0.147. The lowest BCUT2D eigenvalue weighted by atomic mass is 9.85. The Morgan fingerprint density at radius 2 is 1.65 bits per heavy atom. The summed E-state index contributed by atoms with van der Waals surface area (Å²) in [5.74, 6) is 1.62. The zero-order valence-corrected chi connectivity index (χ0v) is 21.1. The highest BCUT2D eigenvalue weighted by atomic mass is 16.5. The lowest BCUT2D eigenvalue weighted by Gasteiger charge is -2.39. The summed E-state index contributed by atoms with van der Waals surface area (Å²) < 4.78 is 5.99. The minimum atomic E-state index is 0.147. The monoisotopic (exact) mass is 491 g/mol. The molecule has 188 valence electrons. The second-order valence-electron chi connectivity index (χ2n) is 10.2. The normalized spacial score (nSPS) is 19.9. The Bertz CT molecular complexity index is 1290. The zero-order chi connectivity index (χ0) is 25.0. The van der Waals surface area contributed by atoms with E-state index < -0.39 is 0 Å². The largest absolute Gasteiger partial charge is 0.492 e. The first-order valence-corrected chi connectivity index (χ1v) is 13.4. The smallest absolute Gasteiger partial charge is 0.255 e. The number of pyridine rings is 1. The maximum atomic E-state index is 13.6. The molecule has 1 atom stereocenters. The van der Waals surface area contributed by atoms with Crippen molar-refractivity contribution >= 4 is 11.6 Å². The second-order valence-corrected chi connectivity index (χ2v) is 10.2. The number of amides is 1. The molecule has 1 aliphatic carbocycles. The SMILES string of the molecule is O=C1c2ccccc2C(C2CCN(c3ccccc3)CC2)N1CC1=CC=C(OCc2ccccn2)CC1. The molecule has 0 spiro atoms. The third-order valence-corrected chi connectivity index (χ3v) is 7.92. The van der Waals surface area contributed by atoms with Crippen LogP contribution in [0.15, 0.2) is 102 Å². The number of hydrogen-bond acceptors (Lipinski definition) is 4. The van der Waals surface area contributed by atoms with Crippen LogP contribution in [0.1, 0.15) is 53.3 Å². The van der Waals surface area contributed by atoms with E-state index in [9.17, 15) is 4.79 Å². The van der Waals surface area contributed by atoms with Crippen LogP contribution in [0.25, 0.3) is 0 Å². The number of carbonyl (C=O) groups is 1. The summed E-state index contributed by atoms with van der Waals surface area (Å²) in [7, 11) is 0. The van der Waals surface area contributed by atoms with Crippen molar-refractivity contribution in [2.45, 2.75) is 38.3 Å². The van der Waals surface area contributed by atoms with Crippen LogP contribution in [0.4, 0.5) is 5.69 Å². The lowest BCUT2D eigenvalue weighted by Crippen LogP contribution is -2.40. The third kappa shape index (κ3) is 5.04. The molecule has 37 heavy (non-hydrogen) atoms. The Labute approximate surface area is 219 Å². The maximum Gasteiger partial charge on any atom is 0.255 e. The van der Waals surface area contributed by atoms with E-state index in [0.29, 0.717) is 19.1 Å². The summed E-state index contributed by atoms with van der Waals surface area (Å²) in [6.45, 7) is 3.22. The molecule has 1 aromatic heterocycles. The molecule has 0 N–H and O–H groups in total. The fourth-order valence-electron chi connectivity index (χ4n) is 5.97. The predicted octanol–water partition coefficient (Wildman–Crippen LogP) is 6.32. The number of aromatic nitrogens is 1. The molecule has 0 bridgehead atoms. The van der Waals surface area contributed by atoms with E-state index in [1.54, 1.807) is 6.20 Å². The van der Waals surface area contributed by atoms with E-state index in [0.717, 1.165) is 55.8 Å². The van der Waals surface area contributed by atoms with Gasteiger partial charge in [-0.05, 0) is 67.2 Å². The Morgan fingerprint density at radius 1 is 0.865 bits per heavy atom. The highest BCUT2D eigenvalue weighted by Crippen LogP contribution is 2.43. The van der Waals surface area contributed by atoms with Crippen molar-refractivity contribution in [2.24, 2.45) is 5.92 Å². The number of piperidine rings is 1. The van der Waals surface area contributed by atoms with Gasteiger partial charge in [0.05, 0.1) is 17.5 Å². The zero-order valence-electron chi connectivity index (χ0n) is 21.1. The Kier molecular flexibility index (Phi) is 6.76. The van der Waals surface area contributed by atoms with E-state index in [1.165, 1.54) is 16.8 Å². The molecule has 0 radical (unpaired) electrons. The van der Waals surface area contributed by atoms with Gasteiger partial charge < -0.3 is 14.5 Å². The molecule has 0 saturated carbocycles. The van der Waals surface area contributed by atoms with Crippen molar-refractivity contribution in [3.8, 4) is 0 Å². The van der Waals surface area contributed by atoms with E-state index in [-0.39, 0.29) is 11.9 Å². The van der Waals surface area contributed by atoms with E-state index in [4.69, 9.17) is 4.74 Å². The van der Waals surface area contributed by atoms with Crippen LogP contribution in [0, 0.1) is 5.92 Å². The number of anilines is 1. The predicted molar refractivity (Wildman–Crippen MR) is 146 cm³/mol. The van der Waals surface area contributed by atoms with Gasteiger partial charge in [-0.1, -0.05) is 54.1 Å². The van der Waals surface area contributed by atoms with Crippen LogP contribution in [-0.2, 0) is 11.3 Å². The minimum Gasteiger partial charge on any atom is -0.492 e. The standard InChI is InChI=1S/C32H33N3O2/c36-32-30-12-5-4-11-29(30)31(25-17-20-34(21-18-25)27-9-2-1-3-10-27)35(32)22-24-13-15-28(16-14-24)37-23-26-8-6-7-19-33-26/h1-13,15,19,25,31H,14,16-18,20-23H2. The molecule has 2 aliphatic heterocycles. The molecular formula is C32H33N3O2. The quantitative estimate of drug-likeness (QED) is 0.388. The molecule has 5 heteroatoms. The molecule has 3 aliphatic rings. The van der Waals surface area contributed by atoms with E-state index in [2.05, 4.69) is 69.4 Å². The average Bonchev–Trinajstić information content (AvgIpc) is 3.25. The number of ether oxygens (including phenoxy) is 1. The number of carbonyl (C=O) groups excluding carboxylic acids is 1. The number of rotatable bonds is 7. The third-order valence-electron chi connectivity index (χ3n) is 7.92. The first kappa shape index (κ1) is 23.5. The van der Waals surface area contributed by atoms with Crippen LogP contribution in [-0.4, -0.2) is 35.4 Å². The van der Waals surface area contributed by atoms with Gasteiger partial charge in [0.2, 0.25) is 0 Å². The van der Waals surface area contributed by atoms with Gasteiger partial charge in [0.15, 0.2) is 0 Å². The van der Waals surface area contributed by atoms with Gasteiger partial charge in [-0.2, -0.15) is 0 Å². The van der Waals surface area contributed by atoms with Crippen LogP contribution >= 0.6 is 0 Å². The van der Waals surface area contributed by atoms with Crippen LogP contribution in [0.5, 0.6) is 0 Å². The van der Waals surface area contributed by atoms with E-state index in [1.807, 2.05) is 30.3 Å². The molecule has 1 unspecified atom stereocenters. The number of allylic oxidation sites excluding steroid dienone is 3. The maximum absolute atomic E-state index is 13.6. The molecular weight excluding hydrogens is 458 g/mol. The van der Waals surface area contributed by atoms with Crippen molar-refractivity contribution in [2.75, 3.05) is 24.5 Å². The molecule has 3 heterocycles. The summed E-state index contributed by atoms with van der Waals surface area (Å²) in [5, 5.41) is 0. The van der Waals surface area contributed by atoms with Gasteiger partial charge in [-0.25, -0.2) is 0 Å². The van der Waals surface area contributed by atoms with Gasteiger partial charge in [0.1, 0.15) is 6.61 Å². The summed E-state index contributed by atoms with van der Waals surface area (Å²) in [6.07, 6.45) is 9.95. The Morgan fingerprint density at radius 3 is 2.41 bits per heavy atom.